The predicted octanol–water partition coefficient (Wildman–Crippen LogP) is 5.31. The molecule has 0 heterocycles. The fourth-order valence-electron chi connectivity index (χ4n) is 3.01. The quantitative estimate of drug-likeness (QED) is 0.728. The molecule has 1 nitrogen and oxygen atoms in total. The zero-order valence-corrected chi connectivity index (χ0v) is 11.9. The van der Waals surface area contributed by atoms with Crippen LogP contribution in [-0.4, -0.2) is 0 Å². The fraction of sp³-hybridized carbons (Fsp3) is 0.368. The number of rotatable bonds is 4. The molecule has 0 N–H and O–H groups in total. The Morgan fingerprint density at radius 3 is 2.20 bits per heavy atom. The minimum atomic E-state index is 0.648. The second-order valence-corrected chi connectivity index (χ2v) is 5.68. The zero-order chi connectivity index (χ0) is 13.6. The minimum absolute atomic E-state index is 0.648. The first-order chi connectivity index (χ1) is 9.92. The van der Waals surface area contributed by atoms with Crippen LogP contribution in [0.2, 0.25) is 0 Å². The predicted molar refractivity (Wildman–Crippen MR) is 83.0 cm³/mol. The number of hydrogen-bond acceptors (Lipinski definition) is 1. The van der Waals surface area contributed by atoms with E-state index in [4.69, 9.17) is 4.74 Å². The highest BCUT2D eigenvalue weighted by Gasteiger charge is 2.14. The van der Waals surface area contributed by atoms with Gasteiger partial charge in [-0.05, 0) is 42.0 Å². The summed E-state index contributed by atoms with van der Waals surface area (Å²) in [6.45, 7) is 0.648. The summed E-state index contributed by atoms with van der Waals surface area (Å²) < 4.78 is 5.78. The molecule has 1 heteroatoms. The van der Waals surface area contributed by atoms with Gasteiger partial charge in [-0.3, -0.25) is 0 Å². The van der Waals surface area contributed by atoms with Crippen molar-refractivity contribution in [3.8, 4) is 5.75 Å². The molecule has 0 amide bonds. The number of para-hydroxylation sites is 1. The number of hydrogen-bond donors (Lipinski definition) is 0. The highest BCUT2D eigenvalue weighted by Crippen LogP contribution is 2.32. The lowest BCUT2D eigenvalue weighted by Gasteiger charge is -2.22. The van der Waals surface area contributed by atoms with Crippen LogP contribution in [0.1, 0.15) is 49.1 Å². The highest BCUT2D eigenvalue weighted by molar-refractivity contribution is 5.26. The van der Waals surface area contributed by atoms with Gasteiger partial charge in [-0.2, -0.15) is 0 Å². The average Bonchev–Trinajstić information content (AvgIpc) is 2.55. The maximum atomic E-state index is 5.78. The third kappa shape index (κ3) is 3.41. The normalized spacial score (nSPS) is 16.0. The first-order valence-electron chi connectivity index (χ1n) is 7.68. The summed E-state index contributed by atoms with van der Waals surface area (Å²) in [5.41, 5.74) is 2.75. The highest BCUT2D eigenvalue weighted by atomic mass is 16.5. The Hall–Kier alpha value is -1.76. The summed E-state index contributed by atoms with van der Waals surface area (Å²) in [6, 6.07) is 19.0. The third-order valence-electron chi connectivity index (χ3n) is 4.21. The standard InChI is InChI=1S/C19H22O/c1-3-7-17(8-4-1)18-13-11-16(12-14-18)15-20-19-9-5-2-6-10-19/h2,5-6,9-14,17H,1,3-4,7-8,15H2. The van der Waals surface area contributed by atoms with E-state index < -0.39 is 0 Å². The van der Waals surface area contributed by atoms with Crippen molar-refractivity contribution in [3.63, 3.8) is 0 Å². The molecular formula is C19H22O. The molecule has 0 bridgehead atoms. The molecule has 0 aromatic heterocycles. The van der Waals surface area contributed by atoms with Crippen molar-refractivity contribution < 1.29 is 4.74 Å². The molecule has 2 aromatic rings. The smallest absolute Gasteiger partial charge is 0.119 e. The van der Waals surface area contributed by atoms with Crippen molar-refractivity contribution in [2.24, 2.45) is 0 Å². The van der Waals surface area contributed by atoms with E-state index in [2.05, 4.69) is 24.3 Å². The van der Waals surface area contributed by atoms with Crippen LogP contribution >= 0.6 is 0 Å². The SMILES string of the molecule is c1ccc(OCc2ccc(C3CCCCC3)cc2)cc1. The van der Waals surface area contributed by atoms with Crippen LogP contribution < -0.4 is 4.74 Å². The summed E-state index contributed by atoms with van der Waals surface area (Å²) in [7, 11) is 0. The molecule has 2 aromatic carbocycles. The van der Waals surface area contributed by atoms with Crippen molar-refractivity contribution >= 4 is 0 Å². The molecule has 0 aliphatic heterocycles. The molecule has 1 aliphatic carbocycles. The lowest BCUT2D eigenvalue weighted by atomic mass is 9.84. The summed E-state index contributed by atoms with van der Waals surface area (Å²) in [4.78, 5) is 0. The van der Waals surface area contributed by atoms with E-state index in [0.29, 0.717) is 6.61 Å². The Kier molecular flexibility index (Phi) is 4.37. The van der Waals surface area contributed by atoms with E-state index in [0.717, 1.165) is 11.7 Å². The van der Waals surface area contributed by atoms with E-state index >= 15 is 0 Å². The second kappa shape index (κ2) is 6.60. The molecule has 0 radical (unpaired) electrons. The van der Waals surface area contributed by atoms with E-state index in [1.807, 2.05) is 30.3 Å². The van der Waals surface area contributed by atoms with Crippen LogP contribution in [0.4, 0.5) is 0 Å². The van der Waals surface area contributed by atoms with Crippen LogP contribution in [0.15, 0.2) is 54.6 Å². The van der Waals surface area contributed by atoms with Gasteiger partial charge in [0.05, 0.1) is 0 Å². The lowest BCUT2D eigenvalue weighted by molar-refractivity contribution is 0.306. The van der Waals surface area contributed by atoms with Gasteiger partial charge < -0.3 is 4.74 Å². The van der Waals surface area contributed by atoms with Crippen molar-refractivity contribution in [2.75, 3.05) is 0 Å². The lowest BCUT2D eigenvalue weighted by Crippen LogP contribution is -2.04. The molecule has 0 spiro atoms. The zero-order valence-electron chi connectivity index (χ0n) is 11.9. The van der Waals surface area contributed by atoms with Gasteiger partial charge in [0.1, 0.15) is 12.4 Å². The van der Waals surface area contributed by atoms with Crippen LogP contribution in [0, 0.1) is 0 Å². The molecule has 0 saturated heterocycles. The topological polar surface area (TPSA) is 9.23 Å². The van der Waals surface area contributed by atoms with E-state index in [1.165, 1.54) is 43.2 Å². The molecule has 0 unspecified atom stereocenters. The Labute approximate surface area is 121 Å². The Bertz CT molecular complexity index is 509. The minimum Gasteiger partial charge on any atom is -0.489 e. The van der Waals surface area contributed by atoms with E-state index in [1.54, 1.807) is 0 Å². The average molecular weight is 266 g/mol. The summed E-state index contributed by atoms with van der Waals surface area (Å²) >= 11 is 0. The summed E-state index contributed by atoms with van der Waals surface area (Å²) in [6.07, 6.45) is 6.92. The van der Waals surface area contributed by atoms with Crippen LogP contribution in [-0.2, 0) is 6.61 Å². The Balaban J connectivity index is 1.58. The van der Waals surface area contributed by atoms with Gasteiger partial charge in [0.25, 0.3) is 0 Å². The Morgan fingerprint density at radius 1 is 0.800 bits per heavy atom. The van der Waals surface area contributed by atoms with Gasteiger partial charge >= 0.3 is 0 Å². The van der Waals surface area contributed by atoms with Crippen LogP contribution in [0.25, 0.3) is 0 Å². The van der Waals surface area contributed by atoms with Crippen LogP contribution in [0.3, 0.4) is 0 Å². The van der Waals surface area contributed by atoms with Crippen LogP contribution in [0.5, 0.6) is 5.75 Å². The summed E-state index contributed by atoms with van der Waals surface area (Å²) in [5, 5.41) is 0. The third-order valence-corrected chi connectivity index (χ3v) is 4.21. The van der Waals surface area contributed by atoms with Crippen molar-refractivity contribution in [1.29, 1.82) is 0 Å². The van der Waals surface area contributed by atoms with Gasteiger partial charge in [-0.25, -0.2) is 0 Å². The molecule has 1 saturated carbocycles. The number of benzene rings is 2. The van der Waals surface area contributed by atoms with Gasteiger partial charge in [0.15, 0.2) is 0 Å². The van der Waals surface area contributed by atoms with Crippen molar-refractivity contribution in [3.05, 3.63) is 65.7 Å². The molecule has 1 fully saturated rings. The van der Waals surface area contributed by atoms with Gasteiger partial charge in [-0.1, -0.05) is 61.7 Å². The van der Waals surface area contributed by atoms with E-state index in [9.17, 15) is 0 Å². The second-order valence-electron chi connectivity index (χ2n) is 5.68. The molecular weight excluding hydrogens is 244 g/mol. The maximum Gasteiger partial charge on any atom is 0.119 e. The first kappa shape index (κ1) is 13.2. The Morgan fingerprint density at radius 2 is 1.50 bits per heavy atom. The maximum absolute atomic E-state index is 5.78. The van der Waals surface area contributed by atoms with Gasteiger partial charge in [0.2, 0.25) is 0 Å². The van der Waals surface area contributed by atoms with E-state index in [-0.39, 0.29) is 0 Å². The first-order valence-corrected chi connectivity index (χ1v) is 7.68. The molecule has 104 valence electrons. The van der Waals surface area contributed by atoms with Gasteiger partial charge in [0, 0.05) is 0 Å². The molecule has 1 aliphatic rings. The largest absolute Gasteiger partial charge is 0.489 e. The van der Waals surface area contributed by atoms with Crippen molar-refractivity contribution in [2.45, 2.75) is 44.6 Å². The number of ether oxygens (including phenoxy) is 1. The molecule has 20 heavy (non-hydrogen) atoms. The van der Waals surface area contributed by atoms with Gasteiger partial charge in [-0.15, -0.1) is 0 Å². The van der Waals surface area contributed by atoms with Crippen molar-refractivity contribution in [1.82, 2.24) is 0 Å². The summed E-state index contributed by atoms with van der Waals surface area (Å²) in [5.74, 6) is 1.72. The monoisotopic (exact) mass is 266 g/mol. The fourth-order valence-corrected chi connectivity index (χ4v) is 3.01. The molecule has 3 rings (SSSR count). The molecule has 0 atom stereocenters.